The summed E-state index contributed by atoms with van der Waals surface area (Å²) in [4.78, 5) is 11.9. The van der Waals surface area contributed by atoms with Crippen molar-refractivity contribution < 1.29 is 4.79 Å². The highest BCUT2D eigenvalue weighted by Crippen LogP contribution is 2.38. The van der Waals surface area contributed by atoms with Crippen LogP contribution in [0, 0.1) is 5.92 Å². The summed E-state index contributed by atoms with van der Waals surface area (Å²) in [7, 11) is 0. The van der Waals surface area contributed by atoms with Crippen LogP contribution in [0.4, 0.5) is 0 Å². The molecule has 0 atom stereocenters. The van der Waals surface area contributed by atoms with E-state index in [1.54, 1.807) is 0 Å². The highest BCUT2D eigenvalue weighted by atomic mass is 16.1. The molecule has 0 unspecified atom stereocenters. The van der Waals surface area contributed by atoms with Gasteiger partial charge in [-0.1, -0.05) is 24.6 Å². The van der Waals surface area contributed by atoms with Crippen LogP contribution < -0.4 is 0 Å². The van der Waals surface area contributed by atoms with Crippen LogP contribution in [0.3, 0.4) is 0 Å². The first kappa shape index (κ1) is 9.14. The molecule has 78 valence electrons. The van der Waals surface area contributed by atoms with Crippen molar-refractivity contribution in [3.05, 3.63) is 35.4 Å². The fourth-order valence-electron chi connectivity index (χ4n) is 2.27. The number of benzene rings is 1. The largest absolute Gasteiger partial charge is 0.294 e. The summed E-state index contributed by atoms with van der Waals surface area (Å²) in [6, 6.07) is 8.32. The van der Waals surface area contributed by atoms with Gasteiger partial charge < -0.3 is 0 Å². The lowest BCUT2D eigenvalue weighted by atomic mass is 9.79. The third-order valence-corrected chi connectivity index (χ3v) is 3.70. The average Bonchev–Trinajstić information content (AvgIpc) is 2.97. The normalized spacial score (nSPS) is 21.1. The van der Waals surface area contributed by atoms with Crippen molar-refractivity contribution in [2.24, 2.45) is 5.92 Å². The lowest BCUT2D eigenvalue weighted by Gasteiger charge is -2.26. The standard InChI is InChI=1S/C14H16O/c15-14(11-7-8-11)13-6-2-5-12(9-13)10-3-1-4-10/h2,5-6,9-11H,1,3-4,7-8H2. The Morgan fingerprint density at radius 1 is 1.13 bits per heavy atom. The second-order valence-electron chi connectivity index (χ2n) is 4.89. The van der Waals surface area contributed by atoms with E-state index in [0.29, 0.717) is 11.7 Å². The Morgan fingerprint density at radius 3 is 2.53 bits per heavy atom. The molecule has 15 heavy (non-hydrogen) atoms. The molecule has 0 amide bonds. The number of Topliss-reactive ketones (excluding diaryl/α,β-unsaturated/α-hetero) is 1. The number of ketones is 1. The molecule has 2 saturated carbocycles. The molecule has 0 N–H and O–H groups in total. The highest BCUT2D eigenvalue weighted by molar-refractivity contribution is 5.99. The number of hydrogen-bond acceptors (Lipinski definition) is 1. The second kappa shape index (κ2) is 3.48. The molecule has 0 bridgehead atoms. The summed E-state index contributed by atoms with van der Waals surface area (Å²) in [5.41, 5.74) is 2.33. The molecule has 0 spiro atoms. The number of hydrogen-bond donors (Lipinski definition) is 0. The van der Waals surface area contributed by atoms with Crippen LogP contribution in [-0.4, -0.2) is 5.78 Å². The Balaban J connectivity index is 1.84. The summed E-state index contributed by atoms with van der Waals surface area (Å²) < 4.78 is 0. The van der Waals surface area contributed by atoms with E-state index < -0.39 is 0 Å². The first-order valence-corrected chi connectivity index (χ1v) is 5.99. The van der Waals surface area contributed by atoms with Crippen LogP contribution in [-0.2, 0) is 0 Å². The van der Waals surface area contributed by atoms with Crippen molar-refractivity contribution in [1.29, 1.82) is 0 Å². The van der Waals surface area contributed by atoms with Gasteiger partial charge in [-0.3, -0.25) is 4.79 Å². The van der Waals surface area contributed by atoms with Gasteiger partial charge >= 0.3 is 0 Å². The molecule has 1 aromatic rings. The van der Waals surface area contributed by atoms with Crippen molar-refractivity contribution in [3.63, 3.8) is 0 Å². The fraction of sp³-hybridized carbons (Fsp3) is 0.500. The lowest BCUT2D eigenvalue weighted by molar-refractivity contribution is 0.0967. The van der Waals surface area contributed by atoms with Gasteiger partial charge in [0.15, 0.2) is 5.78 Å². The first-order valence-electron chi connectivity index (χ1n) is 5.99. The highest BCUT2D eigenvalue weighted by Gasteiger charge is 2.30. The maximum absolute atomic E-state index is 11.9. The van der Waals surface area contributed by atoms with Gasteiger partial charge in [0.25, 0.3) is 0 Å². The van der Waals surface area contributed by atoms with Crippen LogP contribution in [0.5, 0.6) is 0 Å². The summed E-state index contributed by atoms with van der Waals surface area (Å²) >= 11 is 0. The third kappa shape index (κ3) is 1.71. The van der Waals surface area contributed by atoms with Crippen LogP contribution in [0.15, 0.2) is 24.3 Å². The number of rotatable bonds is 3. The van der Waals surface area contributed by atoms with Gasteiger partial charge in [-0.25, -0.2) is 0 Å². The van der Waals surface area contributed by atoms with Crippen LogP contribution >= 0.6 is 0 Å². The number of carbonyl (C=O) groups is 1. The van der Waals surface area contributed by atoms with E-state index in [1.165, 1.54) is 24.8 Å². The second-order valence-corrected chi connectivity index (χ2v) is 4.89. The minimum Gasteiger partial charge on any atom is -0.294 e. The molecule has 2 fully saturated rings. The Morgan fingerprint density at radius 2 is 1.93 bits per heavy atom. The van der Waals surface area contributed by atoms with Gasteiger partial charge in [-0.05, 0) is 43.2 Å². The van der Waals surface area contributed by atoms with Crippen molar-refractivity contribution in [2.75, 3.05) is 0 Å². The summed E-state index contributed by atoms with van der Waals surface area (Å²) in [6.45, 7) is 0. The number of carbonyl (C=O) groups excluding carboxylic acids is 1. The molecule has 1 nitrogen and oxygen atoms in total. The van der Waals surface area contributed by atoms with E-state index in [-0.39, 0.29) is 0 Å². The fourth-order valence-corrected chi connectivity index (χ4v) is 2.27. The van der Waals surface area contributed by atoms with Crippen LogP contribution in [0.25, 0.3) is 0 Å². The third-order valence-electron chi connectivity index (χ3n) is 3.70. The van der Waals surface area contributed by atoms with Crippen molar-refractivity contribution >= 4 is 5.78 Å². The molecule has 1 heteroatoms. The average molecular weight is 200 g/mol. The topological polar surface area (TPSA) is 17.1 Å². The van der Waals surface area contributed by atoms with Gasteiger partial charge in [-0.2, -0.15) is 0 Å². The summed E-state index contributed by atoms with van der Waals surface area (Å²) in [5.74, 6) is 1.45. The minimum atomic E-state index is 0.349. The molecule has 1 aromatic carbocycles. The van der Waals surface area contributed by atoms with Gasteiger partial charge in [-0.15, -0.1) is 0 Å². The van der Waals surface area contributed by atoms with Gasteiger partial charge in [0.2, 0.25) is 0 Å². The summed E-state index contributed by atoms with van der Waals surface area (Å²) in [5, 5.41) is 0. The Hall–Kier alpha value is -1.11. The Labute approximate surface area is 90.5 Å². The zero-order valence-corrected chi connectivity index (χ0v) is 8.91. The molecule has 0 aromatic heterocycles. The maximum Gasteiger partial charge on any atom is 0.165 e. The van der Waals surface area contributed by atoms with Crippen molar-refractivity contribution in [1.82, 2.24) is 0 Å². The van der Waals surface area contributed by atoms with Crippen molar-refractivity contribution in [3.8, 4) is 0 Å². The monoisotopic (exact) mass is 200 g/mol. The Bertz CT molecular complexity index is 386. The van der Waals surface area contributed by atoms with Gasteiger partial charge in [0.1, 0.15) is 0 Å². The molecule has 0 radical (unpaired) electrons. The minimum absolute atomic E-state index is 0.349. The van der Waals surface area contributed by atoms with Crippen molar-refractivity contribution in [2.45, 2.75) is 38.0 Å². The lowest BCUT2D eigenvalue weighted by Crippen LogP contribution is -2.10. The molecule has 3 rings (SSSR count). The predicted molar refractivity (Wildman–Crippen MR) is 60.1 cm³/mol. The van der Waals surface area contributed by atoms with E-state index in [9.17, 15) is 4.79 Å². The molecule has 0 heterocycles. The van der Waals surface area contributed by atoms with Crippen LogP contribution in [0.2, 0.25) is 0 Å². The molecule has 0 saturated heterocycles. The predicted octanol–water partition coefficient (Wildman–Crippen LogP) is 3.55. The summed E-state index contributed by atoms with van der Waals surface area (Å²) in [6.07, 6.45) is 6.17. The zero-order valence-electron chi connectivity index (χ0n) is 8.91. The van der Waals surface area contributed by atoms with Gasteiger partial charge in [0, 0.05) is 11.5 Å². The smallest absolute Gasteiger partial charge is 0.165 e. The maximum atomic E-state index is 11.9. The van der Waals surface area contributed by atoms with E-state index in [1.807, 2.05) is 12.1 Å². The first-order chi connectivity index (χ1) is 7.34. The molecular formula is C14H16O. The van der Waals surface area contributed by atoms with E-state index >= 15 is 0 Å². The molecule has 2 aliphatic rings. The quantitative estimate of drug-likeness (QED) is 0.682. The van der Waals surface area contributed by atoms with E-state index in [2.05, 4.69) is 12.1 Å². The van der Waals surface area contributed by atoms with Gasteiger partial charge in [0.05, 0.1) is 0 Å². The molecule has 0 aliphatic heterocycles. The van der Waals surface area contributed by atoms with Crippen LogP contribution in [0.1, 0.15) is 53.9 Å². The molecular weight excluding hydrogens is 184 g/mol. The SMILES string of the molecule is O=C(c1cccc(C2CCC2)c1)C1CC1. The van der Waals surface area contributed by atoms with E-state index in [0.717, 1.165) is 24.3 Å². The zero-order chi connectivity index (χ0) is 10.3. The van der Waals surface area contributed by atoms with E-state index in [4.69, 9.17) is 0 Å². The Kier molecular flexibility index (Phi) is 2.12. The molecule has 2 aliphatic carbocycles.